The van der Waals surface area contributed by atoms with Gasteiger partial charge in [-0.1, -0.05) is 74.8 Å². The molecule has 3 rings (SSSR count). The lowest BCUT2D eigenvalue weighted by Crippen LogP contribution is -2.41. The summed E-state index contributed by atoms with van der Waals surface area (Å²) < 4.78 is 6.12. The van der Waals surface area contributed by atoms with Crippen molar-refractivity contribution in [3.8, 4) is 0 Å². The zero-order chi connectivity index (χ0) is 24.7. The second-order valence-corrected chi connectivity index (χ2v) is 9.51. The molecular formula is C27H35N5O2. The molecule has 0 unspecified atom stereocenters. The smallest absolute Gasteiger partial charge is 0.326 e. The van der Waals surface area contributed by atoms with Crippen LogP contribution in [0.2, 0.25) is 0 Å². The van der Waals surface area contributed by atoms with E-state index in [1.165, 1.54) is 6.42 Å². The highest BCUT2D eigenvalue weighted by atomic mass is 16.5. The summed E-state index contributed by atoms with van der Waals surface area (Å²) in [5, 5.41) is 3.64. The summed E-state index contributed by atoms with van der Waals surface area (Å²) >= 11 is 0. The zero-order valence-electron chi connectivity index (χ0n) is 20.8. The lowest BCUT2D eigenvalue weighted by molar-refractivity contribution is -0.154. The van der Waals surface area contributed by atoms with Gasteiger partial charge in [-0.15, -0.1) is 0 Å². The van der Waals surface area contributed by atoms with Gasteiger partial charge in [0.15, 0.2) is 0 Å². The summed E-state index contributed by atoms with van der Waals surface area (Å²) in [5.41, 5.74) is 12.0. The third kappa shape index (κ3) is 6.17. The standard InChI is InChI=1S/C27H35N5O2/c1-18(2)23-15-10-19(3)16-25(23)34-26(33)17-32(24-9-7-6-8-20(24)4)27(29-5)21-11-13-22(14-12-21)30-31-28/h6-9,11-14,18-19,23,25H,10,15-17H2,1-5H3/b29-27+/t19-,23+,25-/m1/s1. The molecule has 1 saturated carbocycles. The second kappa shape index (κ2) is 11.7. The van der Waals surface area contributed by atoms with Crippen LogP contribution in [0.15, 0.2) is 58.6 Å². The van der Waals surface area contributed by atoms with E-state index in [9.17, 15) is 4.79 Å². The van der Waals surface area contributed by atoms with Crippen molar-refractivity contribution in [3.05, 3.63) is 70.1 Å². The van der Waals surface area contributed by atoms with Crippen molar-refractivity contribution in [3.63, 3.8) is 0 Å². The van der Waals surface area contributed by atoms with Crippen LogP contribution in [0.4, 0.5) is 11.4 Å². The molecule has 2 aromatic carbocycles. The van der Waals surface area contributed by atoms with Crippen LogP contribution >= 0.6 is 0 Å². The Morgan fingerprint density at radius 2 is 1.88 bits per heavy atom. The highest BCUT2D eigenvalue weighted by Gasteiger charge is 2.34. The van der Waals surface area contributed by atoms with E-state index in [2.05, 4.69) is 35.8 Å². The van der Waals surface area contributed by atoms with Gasteiger partial charge in [0, 0.05) is 28.9 Å². The van der Waals surface area contributed by atoms with Crippen LogP contribution < -0.4 is 4.90 Å². The van der Waals surface area contributed by atoms with E-state index >= 15 is 0 Å². The summed E-state index contributed by atoms with van der Waals surface area (Å²) in [6.45, 7) is 8.74. The van der Waals surface area contributed by atoms with E-state index in [0.29, 0.717) is 29.3 Å². The Kier molecular flexibility index (Phi) is 8.72. The molecule has 0 aromatic heterocycles. The number of rotatable bonds is 7. The quantitative estimate of drug-likeness (QED) is 0.113. The van der Waals surface area contributed by atoms with E-state index in [-0.39, 0.29) is 18.6 Å². The van der Waals surface area contributed by atoms with Crippen LogP contribution in [0.5, 0.6) is 0 Å². The van der Waals surface area contributed by atoms with Crippen molar-refractivity contribution in [1.82, 2.24) is 0 Å². The number of hydrogen-bond donors (Lipinski definition) is 0. The Labute approximate surface area is 202 Å². The summed E-state index contributed by atoms with van der Waals surface area (Å²) in [6.07, 6.45) is 3.14. The SMILES string of the molecule is C/N=C(\c1ccc(N=[N+]=[N-])cc1)N(CC(=O)O[C@@H]1C[C@H](C)CC[C@H]1C(C)C)c1ccccc1C. The largest absolute Gasteiger partial charge is 0.461 e. The van der Waals surface area contributed by atoms with Crippen molar-refractivity contribution in [2.75, 3.05) is 18.5 Å². The molecule has 0 radical (unpaired) electrons. The highest BCUT2D eigenvalue weighted by Crippen LogP contribution is 2.35. The molecule has 0 spiro atoms. The first-order valence-corrected chi connectivity index (χ1v) is 12.0. The lowest BCUT2D eigenvalue weighted by Gasteiger charge is -2.37. The Hall–Kier alpha value is -3.31. The number of esters is 1. The number of para-hydroxylation sites is 1. The van der Waals surface area contributed by atoms with E-state index in [1.54, 1.807) is 19.2 Å². The molecule has 3 atom stereocenters. The minimum absolute atomic E-state index is 0.0555. The first kappa shape index (κ1) is 25.3. The number of carbonyl (C=O) groups excluding carboxylic acids is 1. The summed E-state index contributed by atoms with van der Waals surface area (Å²) in [7, 11) is 1.71. The van der Waals surface area contributed by atoms with Gasteiger partial charge in [-0.2, -0.15) is 0 Å². The number of nitrogens with zero attached hydrogens (tertiary/aromatic N) is 5. The third-order valence-electron chi connectivity index (χ3n) is 6.69. The van der Waals surface area contributed by atoms with E-state index < -0.39 is 0 Å². The van der Waals surface area contributed by atoms with Crippen molar-refractivity contribution in [1.29, 1.82) is 0 Å². The van der Waals surface area contributed by atoms with Gasteiger partial charge >= 0.3 is 5.97 Å². The van der Waals surface area contributed by atoms with Gasteiger partial charge < -0.3 is 9.64 Å². The molecule has 0 N–H and O–H groups in total. The van der Waals surface area contributed by atoms with Crippen molar-refractivity contribution in [2.45, 2.75) is 53.1 Å². The first-order chi connectivity index (χ1) is 16.3. The molecule has 1 aliphatic rings. The number of ether oxygens (including phenoxy) is 1. The number of aliphatic imine (C=N–C) groups is 1. The first-order valence-electron chi connectivity index (χ1n) is 12.0. The number of carbonyl (C=O) groups is 1. The van der Waals surface area contributed by atoms with Crippen molar-refractivity contribution >= 4 is 23.2 Å². The second-order valence-electron chi connectivity index (χ2n) is 9.51. The predicted molar refractivity (Wildman–Crippen MR) is 137 cm³/mol. The van der Waals surface area contributed by atoms with Crippen molar-refractivity contribution in [2.24, 2.45) is 27.9 Å². The average Bonchev–Trinajstić information content (AvgIpc) is 2.80. The maximum absolute atomic E-state index is 13.3. The molecule has 0 saturated heterocycles. The maximum atomic E-state index is 13.3. The summed E-state index contributed by atoms with van der Waals surface area (Å²) in [4.78, 5) is 22.6. The van der Waals surface area contributed by atoms with Crippen LogP contribution in [-0.4, -0.2) is 31.5 Å². The van der Waals surface area contributed by atoms with Gasteiger partial charge in [0.1, 0.15) is 18.5 Å². The molecule has 1 aliphatic carbocycles. The number of azide groups is 1. The number of benzene rings is 2. The molecule has 1 fully saturated rings. The molecule has 180 valence electrons. The van der Waals surface area contributed by atoms with E-state index in [4.69, 9.17) is 10.3 Å². The highest BCUT2D eigenvalue weighted by molar-refractivity contribution is 6.12. The van der Waals surface area contributed by atoms with Gasteiger partial charge in [0.05, 0.1) is 0 Å². The van der Waals surface area contributed by atoms with Crippen LogP contribution in [0.1, 0.15) is 51.2 Å². The summed E-state index contributed by atoms with van der Waals surface area (Å²) in [6, 6.07) is 15.1. The molecule has 34 heavy (non-hydrogen) atoms. The molecule has 0 heterocycles. The van der Waals surface area contributed by atoms with Gasteiger partial charge in [-0.25, -0.2) is 0 Å². The molecule has 0 aliphatic heterocycles. The van der Waals surface area contributed by atoms with Gasteiger partial charge in [0.25, 0.3) is 0 Å². The van der Waals surface area contributed by atoms with E-state index in [0.717, 1.165) is 29.7 Å². The normalized spacial score (nSPS) is 20.5. The third-order valence-corrected chi connectivity index (χ3v) is 6.69. The molecule has 0 bridgehead atoms. The van der Waals surface area contributed by atoms with Crippen LogP contribution in [-0.2, 0) is 9.53 Å². The van der Waals surface area contributed by atoms with Crippen LogP contribution in [0.3, 0.4) is 0 Å². The number of aryl methyl sites for hydroxylation is 1. The molecular weight excluding hydrogens is 426 g/mol. The fourth-order valence-corrected chi connectivity index (χ4v) is 4.86. The Morgan fingerprint density at radius 1 is 1.18 bits per heavy atom. The van der Waals surface area contributed by atoms with Gasteiger partial charge in [0.2, 0.25) is 0 Å². The van der Waals surface area contributed by atoms with Crippen LogP contribution in [0.25, 0.3) is 10.4 Å². The topological polar surface area (TPSA) is 90.7 Å². The maximum Gasteiger partial charge on any atom is 0.326 e. The summed E-state index contributed by atoms with van der Waals surface area (Å²) in [5.74, 6) is 1.82. The number of hydrogen-bond acceptors (Lipinski definition) is 4. The minimum Gasteiger partial charge on any atom is -0.461 e. The molecule has 7 nitrogen and oxygen atoms in total. The fourth-order valence-electron chi connectivity index (χ4n) is 4.86. The van der Waals surface area contributed by atoms with Gasteiger partial charge in [-0.3, -0.25) is 9.79 Å². The number of anilines is 1. The molecule has 7 heteroatoms. The zero-order valence-corrected chi connectivity index (χ0v) is 20.8. The average molecular weight is 462 g/mol. The Morgan fingerprint density at radius 3 is 2.50 bits per heavy atom. The number of amidine groups is 1. The molecule has 2 aromatic rings. The van der Waals surface area contributed by atoms with E-state index in [1.807, 2.05) is 48.2 Å². The predicted octanol–water partition coefficient (Wildman–Crippen LogP) is 6.82. The monoisotopic (exact) mass is 461 g/mol. The van der Waals surface area contributed by atoms with Crippen LogP contribution in [0, 0.1) is 24.7 Å². The lowest BCUT2D eigenvalue weighted by atomic mass is 9.75. The molecule has 0 amide bonds. The fraction of sp³-hybridized carbons (Fsp3) is 0.481. The van der Waals surface area contributed by atoms with Crippen molar-refractivity contribution < 1.29 is 9.53 Å². The van der Waals surface area contributed by atoms with Gasteiger partial charge in [-0.05, 0) is 54.7 Å². The Bertz CT molecular complexity index is 1060. The minimum atomic E-state index is -0.250. The Balaban J connectivity index is 1.89.